The molecule has 0 saturated heterocycles. The monoisotopic (exact) mass is 274 g/mol. The van der Waals surface area contributed by atoms with Gasteiger partial charge in [-0.2, -0.15) is 5.26 Å². The molecule has 1 unspecified atom stereocenters. The molecule has 0 saturated carbocycles. The van der Waals surface area contributed by atoms with E-state index in [1.54, 1.807) is 24.9 Å². The summed E-state index contributed by atoms with van der Waals surface area (Å²) in [5.74, 6) is 0.463. The number of aryl methyl sites for hydroxylation is 1. The minimum Gasteiger partial charge on any atom is -0.370 e. The predicted octanol–water partition coefficient (Wildman–Crippen LogP) is 2.31. The number of anilines is 1. The van der Waals surface area contributed by atoms with Crippen LogP contribution in [0.1, 0.15) is 36.8 Å². The number of carbonyl (C=O) groups excluding carboxylic acids is 1. The van der Waals surface area contributed by atoms with Crippen LogP contribution in [0.3, 0.4) is 0 Å². The fourth-order valence-corrected chi connectivity index (χ4v) is 1.92. The van der Waals surface area contributed by atoms with E-state index in [0.29, 0.717) is 12.1 Å². The number of carbonyl (C=O) groups is 1. The van der Waals surface area contributed by atoms with Gasteiger partial charge in [0.25, 0.3) is 5.91 Å². The van der Waals surface area contributed by atoms with Crippen LogP contribution < -0.4 is 5.32 Å². The van der Waals surface area contributed by atoms with Gasteiger partial charge in [0.15, 0.2) is 0 Å². The number of nitriles is 1. The Balaban J connectivity index is 2.96. The van der Waals surface area contributed by atoms with Crippen LogP contribution in [0, 0.1) is 17.2 Å². The van der Waals surface area contributed by atoms with E-state index in [1.165, 1.54) is 0 Å². The summed E-state index contributed by atoms with van der Waals surface area (Å²) in [6, 6.07) is 5.72. The Morgan fingerprint density at radius 2 is 2.20 bits per heavy atom. The number of aromatic nitrogens is 1. The highest BCUT2D eigenvalue weighted by Gasteiger charge is 2.16. The highest BCUT2D eigenvalue weighted by Crippen LogP contribution is 2.13. The van der Waals surface area contributed by atoms with Crippen LogP contribution in [0.25, 0.3) is 0 Å². The third-order valence-corrected chi connectivity index (χ3v) is 2.96. The Morgan fingerprint density at radius 3 is 2.75 bits per heavy atom. The molecule has 20 heavy (non-hydrogen) atoms. The second kappa shape index (κ2) is 7.49. The van der Waals surface area contributed by atoms with Crippen molar-refractivity contribution < 1.29 is 4.79 Å². The van der Waals surface area contributed by atoms with Crippen LogP contribution in [-0.4, -0.2) is 35.9 Å². The van der Waals surface area contributed by atoms with Gasteiger partial charge in [-0.05, 0) is 32.4 Å². The maximum absolute atomic E-state index is 12.4. The second-order valence-corrected chi connectivity index (χ2v) is 4.83. The van der Waals surface area contributed by atoms with Crippen LogP contribution in [0.2, 0.25) is 0 Å². The lowest BCUT2D eigenvalue weighted by atomic mass is 10.1. The van der Waals surface area contributed by atoms with Gasteiger partial charge in [-0.25, -0.2) is 4.98 Å². The molecule has 1 aromatic rings. The number of amides is 1. The molecule has 0 aliphatic carbocycles. The number of hydrogen-bond donors (Lipinski definition) is 1. The Bertz CT molecular complexity index is 507. The smallest absolute Gasteiger partial charge is 0.253 e. The first-order valence-electron chi connectivity index (χ1n) is 6.91. The minimum atomic E-state index is -0.176. The molecule has 1 rings (SSSR count). The first-order valence-corrected chi connectivity index (χ1v) is 6.91. The molecule has 0 aliphatic heterocycles. The van der Waals surface area contributed by atoms with Crippen molar-refractivity contribution in [3.63, 3.8) is 0 Å². The third-order valence-electron chi connectivity index (χ3n) is 2.96. The van der Waals surface area contributed by atoms with Crippen LogP contribution in [0.15, 0.2) is 12.1 Å². The lowest BCUT2D eigenvalue weighted by Crippen LogP contribution is -2.30. The lowest BCUT2D eigenvalue weighted by Gasteiger charge is -2.19. The highest BCUT2D eigenvalue weighted by molar-refractivity contribution is 5.94. The molecule has 1 amide bonds. The number of pyridine rings is 1. The van der Waals surface area contributed by atoms with Gasteiger partial charge in [-0.1, -0.05) is 6.92 Å². The van der Waals surface area contributed by atoms with Gasteiger partial charge in [-0.15, -0.1) is 0 Å². The van der Waals surface area contributed by atoms with E-state index in [0.717, 1.165) is 24.5 Å². The molecular formula is C15H22N4O. The molecule has 1 aromatic heterocycles. The molecule has 0 radical (unpaired) electrons. The molecule has 0 fully saturated rings. The van der Waals surface area contributed by atoms with Crippen molar-refractivity contribution in [2.75, 3.05) is 25.5 Å². The Hall–Kier alpha value is -2.09. The van der Waals surface area contributed by atoms with Gasteiger partial charge in [0.05, 0.1) is 12.0 Å². The fraction of sp³-hybridized carbons (Fsp3) is 0.533. The van der Waals surface area contributed by atoms with Crippen molar-refractivity contribution in [2.45, 2.75) is 27.2 Å². The maximum atomic E-state index is 12.4. The average Bonchev–Trinajstić information content (AvgIpc) is 2.46. The highest BCUT2D eigenvalue weighted by atomic mass is 16.2. The summed E-state index contributed by atoms with van der Waals surface area (Å²) in [7, 11) is 1.72. The fourth-order valence-electron chi connectivity index (χ4n) is 1.92. The van der Waals surface area contributed by atoms with Gasteiger partial charge in [0.1, 0.15) is 5.82 Å². The van der Waals surface area contributed by atoms with Crippen LogP contribution >= 0.6 is 0 Å². The molecular weight excluding hydrogens is 252 g/mol. The van der Waals surface area contributed by atoms with Gasteiger partial charge in [0.2, 0.25) is 0 Å². The quantitative estimate of drug-likeness (QED) is 0.864. The molecule has 1 N–H and O–H groups in total. The largest absolute Gasteiger partial charge is 0.370 e. The number of hydrogen-bond acceptors (Lipinski definition) is 4. The summed E-state index contributed by atoms with van der Waals surface area (Å²) in [5.41, 5.74) is 1.49. The standard InChI is InChI=1S/C15H22N4O/c1-5-13-7-12(8-14(18-13)17-6-2)15(20)19(4)10-11(3)9-16/h7-8,11H,5-6,10H2,1-4H3,(H,17,18). The first kappa shape index (κ1) is 16.0. The van der Waals surface area contributed by atoms with Crippen molar-refractivity contribution in [3.8, 4) is 6.07 Å². The van der Waals surface area contributed by atoms with Crippen molar-refractivity contribution in [1.29, 1.82) is 5.26 Å². The molecule has 0 bridgehead atoms. The first-order chi connectivity index (χ1) is 9.51. The Morgan fingerprint density at radius 1 is 1.50 bits per heavy atom. The van der Waals surface area contributed by atoms with Crippen molar-refractivity contribution in [1.82, 2.24) is 9.88 Å². The lowest BCUT2D eigenvalue weighted by molar-refractivity contribution is 0.0785. The van der Waals surface area contributed by atoms with Gasteiger partial charge >= 0.3 is 0 Å². The van der Waals surface area contributed by atoms with E-state index >= 15 is 0 Å². The summed E-state index contributed by atoms with van der Waals surface area (Å²) < 4.78 is 0. The molecule has 5 heteroatoms. The Labute approximate surface area is 120 Å². The molecule has 1 atom stereocenters. The molecule has 0 spiro atoms. The van der Waals surface area contributed by atoms with E-state index in [2.05, 4.69) is 16.4 Å². The number of rotatable bonds is 6. The SMILES string of the molecule is CCNc1cc(C(=O)N(C)CC(C)C#N)cc(CC)n1. The zero-order valence-corrected chi connectivity index (χ0v) is 12.6. The minimum absolute atomic E-state index is 0.0802. The van der Waals surface area contributed by atoms with E-state index in [1.807, 2.05) is 19.9 Å². The third kappa shape index (κ3) is 4.23. The summed E-state index contributed by atoms with van der Waals surface area (Å²) in [4.78, 5) is 18.4. The molecule has 1 heterocycles. The Kier molecular flexibility index (Phi) is 5.98. The second-order valence-electron chi connectivity index (χ2n) is 4.83. The van der Waals surface area contributed by atoms with E-state index in [-0.39, 0.29) is 11.8 Å². The van der Waals surface area contributed by atoms with Crippen molar-refractivity contribution in [2.24, 2.45) is 5.92 Å². The van der Waals surface area contributed by atoms with Gasteiger partial charge in [0, 0.05) is 31.4 Å². The maximum Gasteiger partial charge on any atom is 0.253 e. The summed E-state index contributed by atoms with van der Waals surface area (Å²) in [6.45, 7) is 6.99. The normalized spacial score (nSPS) is 11.6. The molecule has 0 aliphatic rings. The van der Waals surface area contributed by atoms with Crippen molar-refractivity contribution >= 4 is 11.7 Å². The topological polar surface area (TPSA) is 69.0 Å². The zero-order valence-electron chi connectivity index (χ0n) is 12.6. The predicted molar refractivity (Wildman–Crippen MR) is 79.5 cm³/mol. The number of nitrogens with one attached hydrogen (secondary N) is 1. The molecule has 108 valence electrons. The van der Waals surface area contributed by atoms with Crippen LogP contribution in [0.5, 0.6) is 0 Å². The van der Waals surface area contributed by atoms with Gasteiger partial charge < -0.3 is 10.2 Å². The summed E-state index contributed by atoms with van der Waals surface area (Å²) >= 11 is 0. The zero-order chi connectivity index (χ0) is 15.1. The number of nitrogens with zero attached hydrogens (tertiary/aromatic N) is 3. The van der Waals surface area contributed by atoms with E-state index < -0.39 is 0 Å². The average molecular weight is 274 g/mol. The summed E-state index contributed by atoms with van der Waals surface area (Å²) in [5, 5.41) is 12.0. The van der Waals surface area contributed by atoms with E-state index in [4.69, 9.17) is 5.26 Å². The van der Waals surface area contributed by atoms with E-state index in [9.17, 15) is 4.79 Å². The summed E-state index contributed by atoms with van der Waals surface area (Å²) in [6.07, 6.45) is 0.776. The van der Waals surface area contributed by atoms with Crippen molar-refractivity contribution in [3.05, 3.63) is 23.4 Å². The van der Waals surface area contributed by atoms with Crippen LogP contribution in [-0.2, 0) is 6.42 Å². The molecule has 0 aromatic carbocycles. The van der Waals surface area contributed by atoms with Crippen LogP contribution in [0.4, 0.5) is 5.82 Å². The van der Waals surface area contributed by atoms with Gasteiger partial charge in [-0.3, -0.25) is 4.79 Å². The molecule has 5 nitrogen and oxygen atoms in total.